The number of anilines is 1. The third-order valence-electron chi connectivity index (χ3n) is 2.77. The molecule has 1 aliphatic heterocycles. The molecule has 1 aliphatic rings. The summed E-state index contributed by atoms with van der Waals surface area (Å²) in [4.78, 5) is 23.8. The molecule has 0 aromatic heterocycles. The van der Waals surface area contributed by atoms with E-state index in [0.717, 1.165) is 11.3 Å². The molecule has 1 fully saturated rings. The zero-order valence-corrected chi connectivity index (χ0v) is 8.97. The fourth-order valence-corrected chi connectivity index (χ4v) is 1.91. The van der Waals surface area contributed by atoms with Crippen molar-refractivity contribution in [1.82, 2.24) is 0 Å². The topological polar surface area (TPSA) is 60.4 Å². The van der Waals surface area contributed by atoms with Crippen LogP contribution in [0.15, 0.2) is 24.3 Å². The Bertz CT molecular complexity index is 442. The molecule has 1 saturated heterocycles. The van der Waals surface area contributed by atoms with E-state index < -0.39 is 11.9 Å². The number of hydrogen-bond donors (Lipinski definition) is 0. The van der Waals surface area contributed by atoms with Gasteiger partial charge in [0, 0.05) is 30.5 Å². The van der Waals surface area contributed by atoms with E-state index in [1.807, 2.05) is 31.2 Å². The van der Waals surface area contributed by atoms with Gasteiger partial charge in [-0.25, -0.2) is 0 Å². The van der Waals surface area contributed by atoms with Gasteiger partial charge in [0.2, 0.25) is 5.91 Å². The molecular weight excluding hydrogens is 206 g/mol. The molecule has 0 radical (unpaired) electrons. The predicted octanol–water partition coefficient (Wildman–Crippen LogP) is 0.0978. The minimum Gasteiger partial charge on any atom is -0.550 e. The molecule has 0 N–H and O–H groups in total. The van der Waals surface area contributed by atoms with E-state index in [1.54, 1.807) is 0 Å². The van der Waals surface area contributed by atoms with Gasteiger partial charge in [0.25, 0.3) is 0 Å². The molecule has 1 atom stereocenters. The lowest BCUT2D eigenvalue weighted by atomic mass is 10.1. The Morgan fingerprint density at radius 1 is 1.50 bits per heavy atom. The van der Waals surface area contributed by atoms with Crippen LogP contribution >= 0.6 is 0 Å². The van der Waals surface area contributed by atoms with Crippen LogP contribution in [0.5, 0.6) is 0 Å². The average molecular weight is 218 g/mol. The number of carboxylic acids is 1. The Balaban J connectivity index is 2.23. The number of carboxylic acid groups (broad SMARTS) is 1. The van der Waals surface area contributed by atoms with E-state index in [2.05, 4.69) is 0 Å². The van der Waals surface area contributed by atoms with Gasteiger partial charge >= 0.3 is 0 Å². The Morgan fingerprint density at radius 3 is 2.81 bits per heavy atom. The number of aliphatic carboxylic acids is 1. The molecule has 0 saturated carbocycles. The summed E-state index contributed by atoms with van der Waals surface area (Å²) in [5.41, 5.74) is 1.80. The van der Waals surface area contributed by atoms with Crippen molar-refractivity contribution in [2.45, 2.75) is 13.3 Å². The van der Waals surface area contributed by atoms with Crippen molar-refractivity contribution in [2.75, 3.05) is 11.4 Å². The highest BCUT2D eigenvalue weighted by atomic mass is 16.4. The second-order valence-corrected chi connectivity index (χ2v) is 4.06. The van der Waals surface area contributed by atoms with E-state index in [9.17, 15) is 14.7 Å². The van der Waals surface area contributed by atoms with Gasteiger partial charge in [-0.3, -0.25) is 4.79 Å². The minimum absolute atomic E-state index is 0.0380. The van der Waals surface area contributed by atoms with Crippen molar-refractivity contribution < 1.29 is 14.7 Å². The number of carbonyl (C=O) groups excluding carboxylic acids is 2. The molecule has 1 amide bonds. The summed E-state index contributed by atoms with van der Waals surface area (Å²) in [5.74, 6) is -1.99. The maximum Gasteiger partial charge on any atom is 0.227 e. The summed E-state index contributed by atoms with van der Waals surface area (Å²) in [6.07, 6.45) is 0.0380. The SMILES string of the molecule is Cc1cccc(N2C[C@H](C(=O)[O-])CC2=O)c1. The zero-order chi connectivity index (χ0) is 11.7. The highest BCUT2D eigenvalue weighted by Crippen LogP contribution is 2.25. The van der Waals surface area contributed by atoms with Crippen LogP contribution in [-0.2, 0) is 9.59 Å². The van der Waals surface area contributed by atoms with Gasteiger partial charge in [-0.05, 0) is 24.6 Å². The third-order valence-corrected chi connectivity index (χ3v) is 2.77. The summed E-state index contributed by atoms with van der Waals surface area (Å²) in [7, 11) is 0. The second-order valence-electron chi connectivity index (χ2n) is 4.06. The molecule has 0 aliphatic carbocycles. The standard InChI is InChI=1S/C12H13NO3/c1-8-3-2-4-10(5-8)13-7-9(12(15)16)6-11(13)14/h2-5,9H,6-7H2,1H3,(H,15,16)/p-1/t9-/m1/s1. The lowest BCUT2D eigenvalue weighted by Gasteiger charge is -2.17. The molecule has 84 valence electrons. The number of nitrogens with zero attached hydrogens (tertiary/aromatic N) is 1. The van der Waals surface area contributed by atoms with Crippen molar-refractivity contribution in [3.63, 3.8) is 0 Å². The van der Waals surface area contributed by atoms with Gasteiger partial charge in [0.15, 0.2) is 0 Å². The smallest absolute Gasteiger partial charge is 0.227 e. The van der Waals surface area contributed by atoms with Crippen molar-refractivity contribution >= 4 is 17.6 Å². The normalized spacial score (nSPS) is 20.2. The van der Waals surface area contributed by atoms with Crippen LogP contribution < -0.4 is 10.0 Å². The first kappa shape index (κ1) is 10.7. The van der Waals surface area contributed by atoms with Gasteiger partial charge in [-0.15, -0.1) is 0 Å². The van der Waals surface area contributed by atoms with E-state index in [0.29, 0.717) is 0 Å². The molecular formula is C12H12NO3-. The van der Waals surface area contributed by atoms with Gasteiger partial charge in [0.1, 0.15) is 0 Å². The van der Waals surface area contributed by atoms with Crippen LogP contribution in [-0.4, -0.2) is 18.4 Å². The van der Waals surface area contributed by atoms with Crippen molar-refractivity contribution in [3.05, 3.63) is 29.8 Å². The largest absolute Gasteiger partial charge is 0.550 e. The van der Waals surface area contributed by atoms with Crippen LogP contribution in [0.25, 0.3) is 0 Å². The quantitative estimate of drug-likeness (QED) is 0.707. The first-order chi connectivity index (χ1) is 7.58. The zero-order valence-electron chi connectivity index (χ0n) is 8.97. The Hall–Kier alpha value is -1.84. The molecule has 0 unspecified atom stereocenters. The Morgan fingerprint density at radius 2 is 2.25 bits per heavy atom. The molecule has 1 aromatic rings. The highest BCUT2D eigenvalue weighted by molar-refractivity contribution is 5.98. The molecule has 4 heteroatoms. The summed E-state index contributed by atoms with van der Waals surface area (Å²) in [6, 6.07) is 7.46. The molecule has 4 nitrogen and oxygen atoms in total. The second kappa shape index (κ2) is 3.96. The molecule has 1 heterocycles. The molecule has 16 heavy (non-hydrogen) atoms. The molecule has 1 aromatic carbocycles. The van der Waals surface area contributed by atoms with Gasteiger partial charge in [0.05, 0.1) is 0 Å². The maximum absolute atomic E-state index is 11.6. The monoisotopic (exact) mass is 218 g/mol. The fraction of sp³-hybridized carbons (Fsp3) is 0.333. The third kappa shape index (κ3) is 1.91. The molecule has 0 spiro atoms. The van der Waals surface area contributed by atoms with Crippen LogP contribution in [0, 0.1) is 12.8 Å². The van der Waals surface area contributed by atoms with E-state index in [1.165, 1.54) is 4.90 Å². The first-order valence-corrected chi connectivity index (χ1v) is 5.16. The highest BCUT2D eigenvalue weighted by Gasteiger charge is 2.31. The number of aryl methyl sites for hydroxylation is 1. The van der Waals surface area contributed by atoms with Crippen molar-refractivity contribution in [3.8, 4) is 0 Å². The fourth-order valence-electron chi connectivity index (χ4n) is 1.91. The summed E-state index contributed by atoms with van der Waals surface area (Å²) < 4.78 is 0. The van der Waals surface area contributed by atoms with Crippen LogP contribution in [0.1, 0.15) is 12.0 Å². The Kier molecular flexibility index (Phi) is 2.64. The van der Waals surface area contributed by atoms with Gasteiger partial charge in [-0.2, -0.15) is 0 Å². The molecule has 2 rings (SSSR count). The van der Waals surface area contributed by atoms with Gasteiger partial charge in [-0.1, -0.05) is 12.1 Å². The predicted molar refractivity (Wildman–Crippen MR) is 56.6 cm³/mol. The van der Waals surface area contributed by atoms with E-state index in [-0.39, 0.29) is 18.9 Å². The Labute approximate surface area is 93.5 Å². The molecule has 0 bridgehead atoms. The van der Waals surface area contributed by atoms with Crippen LogP contribution in [0.3, 0.4) is 0 Å². The number of hydrogen-bond acceptors (Lipinski definition) is 3. The first-order valence-electron chi connectivity index (χ1n) is 5.16. The summed E-state index contributed by atoms with van der Waals surface area (Å²) in [6.45, 7) is 2.14. The summed E-state index contributed by atoms with van der Waals surface area (Å²) in [5, 5.41) is 10.7. The van der Waals surface area contributed by atoms with E-state index in [4.69, 9.17) is 0 Å². The minimum atomic E-state index is -1.15. The number of amides is 1. The average Bonchev–Trinajstić information content (AvgIpc) is 2.60. The summed E-state index contributed by atoms with van der Waals surface area (Å²) >= 11 is 0. The van der Waals surface area contributed by atoms with Crippen LogP contribution in [0.2, 0.25) is 0 Å². The van der Waals surface area contributed by atoms with Crippen molar-refractivity contribution in [2.24, 2.45) is 5.92 Å². The van der Waals surface area contributed by atoms with Crippen LogP contribution in [0.4, 0.5) is 5.69 Å². The maximum atomic E-state index is 11.6. The van der Waals surface area contributed by atoms with Crippen molar-refractivity contribution in [1.29, 1.82) is 0 Å². The number of rotatable bonds is 2. The van der Waals surface area contributed by atoms with Gasteiger partial charge < -0.3 is 14.8 Å². The lowest BCUT2D eigenvalue weighted by molar-refractivity contribution is -0.310. The van der Waals surface area contributed by atoms with E-state index >= 15 is 0 Å². The number of carbonyl (C=O) groups is 2. The number of benzene rings is 1. The lowest BCUT2D eigenvalue weighted by Crippen LogP contribution is -2.33.